The Hall–Kier alpha value is -2.48. The van der Waals surface area contributed by atoms with E-state index in [1.807, 2.05) is 0 Å². The zero-order valence-corrected chi connectivity index (χ0v) is 10.9. The minimum absolute atomic E-state index is 0.144. The second kappa shape index (κ2) is 4.89. The van der Waals surface area contributed by atoms with Crippen molar-refractivity contribution in [3.05, 3.63) is 36.4 Å². The number of nitrogens with zero attached hydrogens (tertiary/aromatic N) is 1. The molecule has 0 atom stereocenters. The van der Waals surface area contributed by atoms with Gasteiger partial charge in [-0.05, 0) is 24.3 Å². The highest BCUT2D eigenvalue weighted by atomic mass is 32.2. The first-order valence-corrected chi connectivity index (χ1v) is 7.11. The fraction of sp³-hybridized carbons (Fsp3) is 0.0833. The second-order valence-electron chi connectivity index (χ2n) is 4.03. The summed E-state index contributed by atoms with van der Waals surface area (Å²) in [6.07, 6.45) is 0. The van der Waals surface area contributed by atoms with Crippen molar-refractivity contribution in [1.82, 2.24) is 4.57 Å². The Morgan fingerprint density at radius 1 is 1.00 bits per heavy atom. The van der Waals surface area contributed by atoms with E-state index in [1.165, 1.54) is 36.4 Å². The molecule has 106 valence electrons. The topological polar surface area (TPSA) is 117 Å². The normalized spacial score (nSPS) is 11.4. The number of hydrogen-bond donors (Lipinski definition) is 3. The SMILES string of the molecule is O=C(O)CS(=O)(=O)c1ccc(-n2c(O)ccc2O)cc1. The molecule has 0 radical (unpaired) electrons. The summed E-state index contributed by atoms with van der Waals surface area (Å²) in [5.74, 6) is -2.84. The summed E-state index contributed by atoms with van der Waals surface area (Å²) in [6.45, 7) is 0. The number of benzene rings is 1. The van der Waals surface area contributed by atoms with Crippen molar-refractivity contribution in [2.45, 2.75) is 4.90 Å². The largest absolute Gasteiger partial charge is 0.494 e. The first-order valence-electron chi connectivity index (χ1n) is 5.46. The van der Waals surface area contributed by atoms with Gasteiger partial charge in [0.05, 0.1) is 10.6 Å². The number of sulfone groups is 1. The lowest BCUT2D eigenvalue weighted by Crippen LogP contribution is -2.15. The molecule has 0 unspecified atom stereocenters. The highest BCUT2D eigenvalue weighted by Crippen LogP contribution is 2.27. The quantitative estimate of drug-likeness (QED) is 0.766. The van der Waals surface area contributed by atoms with Gasteiger partial charge in [0.1, 0.15) is 0 Å². The van der Waals surface area contributed by atoms with Crippen molar-refractivity contribution in [2.75, 3.05) is 5.75 Å². The van der Waals surface area contributed by atoms with Gasteiger partial charge >= 0.3 is 5.97 Å². The fourth-order valence-corrected chi connectivity index (χ4v) is 2.77. The maximum Gasteiger partial charge on any atom is 0.319 e. The first-order chi connectivity index (χ1) is 9.31. The van der Waals surface area contributed by atoms with Crippen LogP contribution in [0.15, 0.2) is 41.3 Å². The number of hydrogen-bond acceptors (Lipinski definition) is 5. The summed E-state index contributed by atoms with van der Waals surface area (Å²) in [5.41, 5.74) is 0.347. The molecule has 0 aliphatic rings. The Balaban J connectivity index is 2.39. The molecule has 0 aliphatic carbocycles. The number of rotatable bonds is 4. The predicted molar refractivity (Wildman–Crippen MR) is 68.8 cm³/mol. The third-order valence-electron chi connectivity index (χ3n) is 2.61. The molecule has 1 aromatic carbocycles. The Kier molecular flexibility index (Phi) is 3.41. The van der Waals surface area contributed by atoms with E-state index >= 15 is 0 Å². The van der Waals surface area contributed by atoms with Gasteiger partial charge in [0.2, 0.25) is 0 Å². The lowest BCUT2D eigenvalue weighted by atomic mass is 10.3. The van der Waals surface area contributed by atoms with Crippen LogP contribution in [0.25, 0.3) is 5.69 Å². The van der Waals surface area contributed by atoms with Crippen LogP contribution >= 0.6 is 0 Å². The van der Waals surface area contributed by atoms with Crippen molar-refractivity contribution in [3.8, 4) is 17.4 Å². The van der Waals surface area contributed by atoms with E-state index in [-0.39, 0.29) is 16.7 Å². The number of carboxylic acids is 1. The monoisotopic (exact) mass is 297 g/mol. The van der Waals surface area contributed by atoms with Crippen LogP contribution in [0.3, 0.4) is 0 Å². The molecule has 3 N–H and O–H groups in total. The molecular weight excluding hydrogens is 286 g/mol. The summed E-state index contributed by atoms with van der Waals surface area (Å²) in [6, 6.07) is 7.70. The first kappa shape index (κ1) is 13.9. The molecule has 0 bridgehead atoms. The molecule has 2 rings (SSSR count). The standard InChI is InChI=1S/C12H11NO6S/c14-10-5-6-11(15)13(10)8-1-3-9(4-2-8)20(18,19)7-12(16)17/h1-6,14-15H,7H2,(H,16,17). The Morgan fingerprint density at radius 3 is 1.95 bits per heavy atom. The Morgan fingerprint density at radius 2 is 1.50 bits per heavy atom. The van der Waals surface area contributed by atoms with E-state index in [0.29, 0.717) is 5.69 Å². The van der Waals surface area contributed by atoms with Crippen LogP contribution in [0.2, 0.25) is 0 Å². The van der Waals surface area contributed by atoms with Gasteiger partial charge in [-0.15, -0.1) is 0 Å². The van der Waals surface area contributed by atoms with Crippen LogP contribution in [-0.2, 0) is 14.6 Å². The number of carbonyl (C=O) groups is 1. The van der Waals surface area contributed by atoms with Gasteiger partial charge in [-0.25, -0.2) is 8.42 Å². The molecule has 0 saturated carbocycles. The predicted octanol–water partition coefficient (Wildman–Crippen LogP) is 0.747. The molecule has 0 amide bonds. The van der Waals surface area contributed by atoms with Gasteiger partial charge in [-0.3, -0.25) is 9.36 Å². The third kappa shape index (κ3) is 2.59. The maximum absolute atomic E-state index is 11.7. The fourth-order valence-electron chi connectivity index (χ4n) is 1.73. The molecule has 20 heavy (non-hydrogen) atoms. The minimum Gasteiger partial charge on any atom is -0.494 e. The molecule has 1 heterocycles. The summed E-state index contributed by atoms with van der Waals surface area (Å²) >= 11 is 0. The van der Waals surface area contributed by atoms with Crippen LogP contribution < -0.4 is 0 Å². The van der Waals surface area contributed by atoms with E-state index < -0.39 is 21.6 Å². The third-order valence-corrected chi connectivity index (χ3v) is 4.22. The van der Waals surface area contributed by atoms with Gasteiger partial charge < -0.3 is 15.3 Å². The molecule has 0 fully saturated rings. The number of aromatic nitrogens is 1. The van der Waals surface area contributed by atoms with Crippen molar-refractivity contribution < 1.29 is 28.5 Å². The molecule has 0 spiro atoms. The van der Waals surface area contributed by atoms with Crippen LogP contribution in [0.1, 0.15) is 0 Å². The van der Waals surface area contributed by atoms with E-state index in [2.05, 4.69) is 0 Å². The molecule has 2 aromatic rings. The number of carboxylic acid groups (broad SMARTS) is 1. The zero-order chi connectivity index (χ0) is 14.9. The van der Waals surface area contributed by atoms with Crippen molar-refractivity contribution in [2.24, 2.45) is 0 Å². The zero-order valence-electron chi connectivity index (χ0n) is 10.1. The minimum atomic E-state index is -3.90. The van der Waals surface area contributed by atoms with Crippen LogP contribution in [0.4, 0.5) is 0 Å². The summed E-state index contributed by atoms with van der Waals surface area (Å²) < 4.78 is 24.5. The molecule has 1 aromatic heterocycles. The van der Waals surface area contributed by atoms with E-state index in [1.54, 1.807) is 0 Å². The smallest absolute Gasteiger partial charge is 0.319 e. The average Bonchev–Trinajstić information content (AvgIpc) is 2.68. The number of aromatic hydroxyl groups is 2. The van der Waals surface area contributed by atoms with Gasteiger partial charge in [0.15, 0.2) is 27.4 Å². The summed E-state index contributed by atoms with van der Waals surface area (Å²) in [5, 5.41) is 27.6. The lowest BCUT2D eigenvalue weighted by molar-refractivity contribution is -0.134. The van der Waals surface area contributed by atoms with Crippen LogP contribution in [0.5, 0.6) is 11.8 Å². The van der Waals surface area contributed by atoms with Gasteiger partial charge in [-0.1, -0.05) is 0 Å². The van der Waals surface area contributed by atoms with Crippen LogP contribution in [-0.4, -0.2) is 40.0 Å². The average molecular weight is 297 g/mol. The van der Waals surface area contributed by atoms with E-state index in [9.17, 15) is 23.4 Å². The van der Waals surface area contributed by atoms with Gasteiger partial charge in [0, 0.05) is 12.1 Å². The Labute approximate surface area is 114 Å². The van der Waals surface area contributed by atoms with Crippen molar-refractivity contribution in [1.29, 1.82) is 0 Å². The highest BCUT2D eigenvalue weighted by molar-refractivity contribution is 7.92. The second-order valence-corrected chi connectivity index (χ2v) is 6.02. The van der Waals surface area contributed by atoms with E-state index in [4.69, 9.17) is 5.11 Å². The van der Waals surface area contributed by atoms with Crippen molar-refractivity contribution in [3.63, 3.8) is 0 Å². The van der Waals surface area contributed by atoms with Crippen molar-refractivity contribution >= 4 is 15.8 Å². The van der Waals surface area contributed by atoms with Crippen LogP contribution in [0, 0.1) is 0 Å². The molecule has 7 nitrogen and oxygen atoms in total. The van der Waals surface area contributed by atoms with Gasteiger partial charge in [0.25, 0.3) is 0 Å². The number of aliphatic carboxylic acids is 1. The molecular formula is C12H11NO6S. The maximum atomic E-state index is 11.7. The lowest BCUT2D eigenvalue weighted by Gasteiger charge is -2.08. The highest BCUT2D eigenvalue weighted by Gasteiger charge is 2.19. The molecule has 8 heteroatoms. The summed E-state index contributed by atoms with van der Waals surface area (Å²) in [4.78, 5) is 10.3. The Bertz CT molecular complexity index is 725. The summed E-state index contributed by atoms with van der Waals surface area (Å²) in [7, 11) is -3.90. The van der Waals surface area contributed by atoms with Gasteiger partial charge in [-0.2, -0.15) is 0 Å². The molecule has 0 aliphatic heterocycles. The molecule has 0 saturated heterocycles. The van der Waals surface area contributed by atoms with E-state index in [0.717, 1.165) is 4.57 Å².